The average Bonchev–Trinajstić information content (AvgIpc) is 2.94. The van der Waals surface area contributed by atoms with E-state index in [9.17, 15) is 4.79 Å². The van der Waals surface area contributed by atoms with E-state index in [0.29, 0.717) is 0 Å². The van der Waals surface area contributed by atoms with Crippen molar-refractivity contribution in [1.29, 1.82) is 0 Å². The lowest BCUT2D eigenvalue weighted by atomic mass is 10.1. The van der Waals surface area contributed by atoms with Crippen molar-refractivity contribution in [2.75, 3.05) is 37.7 Å². The van der Waals surface area contributed by atoms with Crippen molar-refractivity contribution < 1.29 is 4.79 Å². The molecule has 0 N–H and O–H groups in total. The maximum atomic E-state index is 13.3. The zero-order valence-corrected chi connectivity index (χ0v) is 16.9. The van der Waals surface area contributed by atoms with Gasteiger partial charge in [0, 0.05) is 44.7 Å². The summed E-state index contributed by atoms with van der Waals surface area (Å²) in [7, 11) is 2.03. The zero-order valence-electron chi connectivity index (χ0n) is 16.1. The van der Waals surface area contributed by atoms with Gasteiger partial charge in [-0.2, -0.15) is 11.8 Å². The number of hydrogen-bond donors (Lipinski definition) is 0. The van der Waals surface area contributed by atoms with E-state index < -0.39 is 0 Å². The highest BCUT2D eigenvalue weighted by molar-refractivity contribution is 7.99. The van der Waals surface area contributed by atoms with Gasteiger partial charge in [-0.1, -0.05) is 18.2 Å². The highest BCUT2D eigenvalue weighted by atomic mass is 32.2. The molecule has 2 saturated heterocycles. The molecule has 0 aliphatic carbocycles. The summed E-state index contributed by atoms with van der Waals surface area (Å²) in [4.78, 5) is 18.0. The van der Waals surface area contributed by atoms with Crippen molar-refractivity contribution >= 4 is 28.6 Å². The maximum absolute atomic E-state index is 13.3. The second kappa shape index (κ2) is 7.28. The molecule has 2 fully saturated rings. The topological polar surface area (TPSA) is 28.5 Å². The van der Waals surface area contributed by atoms with Crippen molar-refractivity contribution in [2.24, 2.45) is 7.05 Å². The van der Waals surface area contributed by atoms with Gasteiger partial charge in [-0.25, -0.2) is 0 Å². The van der Waals surface area contributed by atoms with Crippen molar-refractivity contribution in [3.8, 4) is 0 Å². The van der Waals surface area contributed by atoms with Crippen LogP contribution in [0.4, 0.5) is 0 Å². The molecule has 4 nitrogen and oxygen atoms in total. The Morgan fingerprint density at radius 1 is 1.08 bits per heavy atom. The molecule has 1 amide bonds. The van der Waals surface area contributed by atoms with Gasteiger partial charge in [0.1, 0.15) is 5.69 Å². The number of carbonyl (C=O) groups is 1. The Labute approximate surface area is 160 Å². The molecule has 0 bridgehead atoms. The monoisotopic (exact) mass is 371 g/mol. The summed E-state index contributed by atoms with van der Waals surface area (Å²) in [6.07, 6.45) is 2.61. The number of para-hydroxylation sites is 1. The summed E-state index contributed by atoms with van der Waals surface area (Å²) >= 11 is 2.08. The third-order valence-corrected chi connectivity index (χ3v) is 7.23. The van der Waals surface area contributed by atoms with Crippen molar-refractivity contribution in [1.82, 2.24) is 14.4 Å². The lowest BCUT2D eigenvalue weighted by molar-refractivity contribution is 0.0550. The fraction of sp³-hybridized carbons (Fsp3) is 0.571. The maximum Gasteiger partial charge on any atom is 0.270 e. The zero-order chi connectivity index (χ0) is 18.3. The van der Waals surface area contributed by atoms with Crippen LogP contribution < -0.4 is 0 Å². The highest BCUT2D eigenvalue weighted by Gasteiger charge is 2.30. The molecule has 2 aromatic rings. The average molecular weight is 372 g/mol. The van der Waals surface area contributed by atoms with E-state index in [1.54, 1.807) is 0 Å². The van der Waals surface area contributed by atoms with Crippen LogP contribution in [0, 0.1) is 13.8 Å². The van der Waals surface area contributed by atoms with Crippen molar-refractivity contribution in [3.05, 3.63) is 35.0 Å². The predicted molar refractivity (Wildman–Crippen MR) is 110 cm³/mol. The van der Waals surface area contributed by atoms with Crippen LogP contribution in [-0.2, 0) is 7.05 Å². The van der Waals surface area contributed by atoms with Gasteiger partial charge in [0.25, 0.3) is 5.91 Å². The summed E-state index contributed by atoms with van der Waals surface area (Å²) in [6, 6.07) is 7.07. The molecule has 140 valence electrons. The first kappa shape index (κ1) is 17.9. The van der Waals surface area contributed by atoms with E-state index in [1.165, 1.54) is 40.8 Å². The Morgan fingerprint density at radius 3 is 2.42 bits per heavy atom. The minimum Gasteiger partial charge on any atom is -0.339 e. The van der Waals surface area contributed by atoms with Crippen LogP contribution in [0.15, 0.2) is 18.2 Å². The molecule has 0 spiro atoms. The first-order valence-corrected chi connectivity index (χ1v) is 10.9. The van der Waals surface area contributed by atoms with Gasteiger partial charge in [-0.15, -0.1) is 0 Å². The summed E-state index contributed by atoms with van der Waals surface area (Å²) in [5, 5.41) is 1.20. The smallest absolute Gasteiger partial charge is 0.270 e. The summed E-state index contributed by atoms with van der Waals surface area (Å²) in [5.41, 5.74) is 4.39. The molecule has 26 heavy (non-hydrogen) atoms. The van der Waals surface area contributed by atoms with E-state index in [2.05, 4.69) is 58.2 Å². The van der Waals surface area contributed by atoms with Gasteiger partial charge >= 0.3 is 0 Å². The fourth-order valence-corrected chi connectivity index (χ4v) is 5.77. The molecule has 0 atom stereocenters. The van der Waals surface area contributed by atoms with Crippen LogP contribution in [0.3, 0.4) is 0 Å². The standard InChI is InChI=1S/C21H29N3OS/c1-15-5-4-6-18-16(2)20(22(3)19(15)18)21(25)24-11-9-23(10-12-24)17-7-13-26-14-8-17/h4-6,17H,7-14H2,1-3H3. The number of thioether (sulfide) groups is 1. The Balaban J connectivity index is 1.52. The van der Waals surface area contributed by atoms with Gasteiger partial charge in [0.15, 0.2) is 0 Å². The second-order valence-corrected chi connectivity index (χ2v) is 8.90. The molecule has 0 radical (unpaired) electrons. The Hall–Kier alpha value is -1.46. The van der Waals surface area contributed by atoms with Gasteiger partial charge in [-0.3, -0.25) is 9.69 Å². The first-order valence-electron chi connectivity index (χ1n) is 9.73. The van der Waals surface area contributed by atoms with Crippen LogP contribution in [0.1, 0.15) is 34.5 Å². The summed E-state index contributed by atoms with van der Waals surface area (Å²) in [6.45, 7) is 7.94. The fourth-order valence-electron chi connectivity index (χ4n) is 4.69. The third kappa shape index (κ3) is 3.05. The molecule has 2 aliphatic heterocycles. The number of amides is 1. The number of carbonyl (C=O) groups excluding carboxylic acids is 1. The molecule has 0 unspecified atom stereocenters. The normalized spacial score (nSPS) is 20.0. The molecule has 5 heteroatoms. The summed E-state index contributed by atoms with van der Waals surface area (Å²) < 4.78 is 2.10. The van der Waals surface area contributed by atoms with Crippen LogP contribution in [0.2, 0.25) is 0 Å². The van der Waals surface area contributed by atoms with E-state index in [1.807, 2.05) is 7.05 Å². The number of fused-ring (bicyclic) bond motifs is 1. The Kier molecular flexibility index (Phi) is 5.02. The minimum absolute atomic E-state index is 0.194. The third-order valence-electron chi connectivity index (χ3n) is 6.18. The lowest BCUT2D eigenvalue weighted by Gasteiger charge is -2.40. The van der Waals surface area contributed by atoms with Crippen molar-refractivity contribution in [2.45, 2.75) is 32.7 Å². The Morgan fingerprint density at radius 2 is 1.77 bits per heavy atom. The number of rotatable bonds is 2. The molecule has 1 aromatic heterocycles. The van der Waals surface area contributed by atoms with E-state index >= 15 is 0 Å². The van der Waals surface area contributed by atoms with Gasteiger partial charge < -0.3 is 9.47 Å². The number of nitrogens with zero attached hydrogens (tertiary/aromatic N) is 3. The number of piperazine rings is 1. The molecule has 4 rings (SSSR count). The Bertz CT molecular complexity index is 814. The quantitative estimate of drug-likeness (QED) is 0.809. The molecule has 2 aliphatic rings. The van der Waals surface area contributed by atoms with Crippen molar-refractivity contribution in [3.63, 3.8) is 0 Å². The molecule has 0 saturated carbocycles. The van der Waals surface area contributed by atoms with Crippen LogP contribution in [0.25, 0.3) is 10.9 Å². The van der Waals surface area contributed by atoms with E-state index in [0.717, 1.165) is 43.5 Å². The second-order valence-electron chi connectivity index (χ2n) is 7.68. The molecular formula is C21H29N3OS. The van der Waals surface area contributed by atoms with Crippen LogP contribution >= 0.6 is 11.8 Å². The molecular weight excluding hydrogens is 342 g/mol. The van der Waals surface area contributed by atoms with E-state index in [-0.39, 0.29) is 5.91 Å². The van der Waals surface area contributed by atoms with Crippen LogP contribution in [-0.4, -0.2) is 64.0 Å². The van der Waals surface area contributed by atoms with E-state index in [4.69, 9.17) is 0 Å². The molecule has 1 aromatic carbocycles. The number of aromatic nitrogens is 1. The minimum atomic E-state index is 0.194. The lowest BCUT2D eigenvalue weighted by Crippen LogP contribution is -2.52. The van der Waals surface area contributed by atoms with Gasteiger partial charge in [0.05, 0.1) is 5.52 Å². The first-order chi connectivity index (χ1) is 12.6. The van der Waals surface area contributed by atoms with Crippen LogP contribution in [0.5, 0.6) is 0 Å². The SMILES string of the molecule is Cc1c(C(=O)N2CCN(C3CCSCC3)CC2)n(C)c2c(C)cccc12. The number of aryl methyl sites for hydroxylation is 3. The summed E-state index contributed by atoms with van der Waals surface area (Å²) in [5.74, 6) is 2.77. The highest BCUT2D eigenvalue weighted by Crippen LogP contribution is 2.29. The largest absolute Gasteiger partial charge is 0.339 e. The predicted octanol–water partition coefficient (Wildman–Crippen LogP) is 3.45. The molecule has 3 heterocycles. The number of benzene rings is 1. The van der Waals surface area contributed by atoms with Gasteiger partial charge in [-0.05, 0) is 49.3 Å². The van der Waals surface area contributed by atoms with Gasteiger partial charge in [0.2, 0.25) is 0 Å². The number of hydrogen-bond acceptors (Lipinski definition) is 3.